The van der Waals surface area contributed by atoms with Crippen molar-refractivity contribution in [1.82, 2.24) is 20.2 Å². The molecule has 2 heterocycles. The Morgan fingerprint density at radius 3 is 2.81 bits per heavy atom. The van der Waals surface area contributed by atoms with Crippen molar-refractivity contribution in [3.8, 4) is 17.1 Å². The molecule has 3 aromatic rings. The highest BCUT2D eigenvalue weighted by Crippen LogP contribution is 2.32. The van der Waals surface area contributed by atoms with Gasteiger partial charge in [-0.3, -0.25) is 0 Å². The van der Waals surface area contributed by atoms with Crippen molar-refractivity contribution in [1.29, 1.82) is 0 Å². The van der Waals surface area contributed by atoms with Crippen LogP contribution in [0.15, 0.2) is 36.4 Å². The van der Waals surface area contributed by atoms with Crippen molar-refractivity contribution in [2.24, 2.45) is 0 Å². The molecular formula is C17H12F4N4O2. The summed E-state index contributed by atoms with van der Waals surface area (Å²) in [4.78, 5) is 1.17. The maximum Gasteiger partial charge on any atom is 0.416 e. The van der Waals surface area contributed by atoms with Gasteiger partial charge in [-0.25, -0.2) is 4.39 Å². The lowest BCUT2D eigenvalue weighted by Crippen LogP contribution is -2.15. The number of nitrogens with zero attached hydrogens (tertiary/aromatic N) is 4. The van der Waals surface area contributed by atoms with Gasteiger partial charge in [-0.05, 0) is 29.5 Å². The van der Waals surface area contributed by atoms with Crippen LogP contribution in [-0.4, -0.2) is 27.0 Å². The first-order chi connectivity index (χ1) is 12.9. The van der Waals surface area contributed by atoms with E-state index in [2.05, 4.69) is 15.4 Å². The molecule has 0 N–H and O–H groups in total. The van der Waals surface area contributed by atoms with E-state index >= 15 is 0 Å². The Morgan fingerprint density at radius 2 is 2.00 bits per heavy atom. The molecule has 0 fully saturated rings. The summed E-state index contributed by atoms with van der Waals surface area (Å²) < 4.78 is 62.9. The average molecular weight is 380 g/mol. The quantitative estimate of drug-likeness (QED) is 0.652. The summed E-state index contributed by atoms with van der Waals surface area (Å²) in [5.74, 6) is 0.0623. The van der Waals surface area contributed by atoms with E-state index in [0.717, 1.165) is 12.1 Å². The van der Waals surface area contributed by atoms with Crippen LogP contribution in [0.3, 0.4) is 0 Å². The van der Waals surface area contributed by atoms with Crippen molar-refractivity contribution in [3.63, 3.8) is 0 Å². The number of benzene rings is 2. The van der Waals surface area contributed by atoms with Crippen LogP contribution < -0.4 is 4.74 Å². The summed E-state index contributed by atoms with van der Waals surface area (Å²) >= 11 is 0. The number of halogens is 4. The van der Waals surface area contributed by atoms with Gasteiger partial charge in [0.1, 0.15) is 11.6 Å². The van der Waals surface area contributed by atoms with Gasteiger partial charge >= 0.3 is 6.18 Å². The van der Waals surface area contributed by atoms with Crippen LogP contribution >= 0.6 is 0 Å². The third-order valence-corrected chi connectivity index (χ3v) is 3.96. The highest BCUT2D eigenvalue weighted by atomic mass is 19.4. The van der Waals surface area contributed by atoms with Crippen molar-refractivity contribution >= 4 is 0 Å². The topological polar surface area (TPSA) is 62.1 Å². The fraction of sp³-hybridized carbons (Fsp3) is 0.235. The minimum atomic E-state index is -4.47. The van der Waals surface area contributed by atoms with E-state index in [1.54, 1.807) is 0 Å². The van der Waals surface area contributed by atoms with Gasteiger partial charge in [-0.2, -0.15) is 18.0 Å². The minimum Gasteiger partial charge on any atom is -0.467 e. The van der Waals surface area contributed by atoms with Crippen LogP contribution in [0.1, 0.15) is 16.7 Å². The van der Waals surface area contributed by atoms with E-state index in [0.29, 0.717) is 16.9 Å². The van der Waals surface area contributed by atoms with Gasteiger partial charge < -0.3 is 9.47 Å². The van der Waals surface area contributed by atoms with Crippen LogP contribution in [0.25, 0.3) is 11.4 Å². The second-order valence-electron chi connectivity index (χ2n) is 5.89. The summed E-state index contributed by atoms with van der Waals surface area (Å²) in [6.45, 7) is 0.318. The Morgan fingerprint density at radius 1 is 1.15 bits per heavy atom. The molecule has 1 aromatic heterocycles. The van der Waals surface area contributed by atoms with E-state index in [1.807, 2.05) is 0 Å². The summed E-state index contributed by atoms with van der Waals surface area (Å²) in [6, 6.07) is 7.26. The number of hydrogen-bond donors (Lipinski definition) is 0. The van der Waals surface area contributed by atoms with Crippen LogP contribution in [0.4, 0.5) is 17.6 Å². The molecule has 10 heteroatoms. The average Bonchev–Trinajstić information content (AvgIpc) is 3.09. The largest absolute Gasteiger partial charge is 0.467 e. The molecule has 0 saturated carbocycles. The number of rotatable bonds is 3. The number of fused-ring (bicyclic) bond motifs is 1. The van der Waals surface area contributed by atoms with E-state index < -0.39 is 17.6 Å². The van der Waals surface area contributed by atoms with Crippen LogP contribution in [0.2, 0.25) is 0 Å². The van der Waals surface area contributed by atoms with E-state index in [1.165, 1.54) is 29.1 Å². The zero-order valence-electron chi connectivity index (χ0n) is 13.7. The van der Waals surface area contributed by atoms with Crippen molar-refractivity contribution in [3.05, 3.63) is 58.9 Å². The van der Waals surface area contributed by atoms with Crippen LogP contribution in [-0.2, 0) is 24.1 Å². The van der Waals surface area contributed by atoms with Gasteiger partial charge in [-0.15, -0.1) is 10.2 Å². The molecule has 0 unspecified atom stereocenters. The Kier molecular flexibility index (Phi) is 4.27. The first-order valence-corrected chi connectivity index (χ1v) is 7.87. The van der Waals surface area contributed by atoms with Gasteiger partial charge in [0.25, 0.3) is 0 Å². The van der Waals surface area contributed by atoms with Crippen molar-refractivity contribution in [2.45, 2.75) is 19.3 Å². The Balaban J connectivity index is 1.62. The van der Waals surface area contributed by atoms with Crippen LogP contribution in [0.5, 0.6) is 5.75 Å². The van der Waals surface area contributed by atoms with Gasteiger partial charge in [0.15, 0.2) is 6.79 Å². The molecule has 0 aliphatic carbocycles. The Labute approximate surface area is 150 Å². The summed E-state index contributed by atoms with van der Waals surface area (Å²) in [5.41, 5.74) is 0.432. The Hall–Kier alpha value is -3.01. The number of alkyl halides is 3. The number of aromatic nitrogens is 4. The molecule has 1 aliphatic rings. The molecule has 6 nitrogen and oxygen atoms in total. The lowest BCUT2D eigenvalue weighted by atomic mass is 10.1. The first-order valence-electron chi connectivity index (χ1n) is 7.87. The molecule has 0 bridgehead atoms. The summed E-state index contributed by atoms with van der Waals surface area (Å²) in [6.07, 6.45) is -4.47. The molecule has 0 saturated heterocycles. The predicted octanol–water partition coefficient (Wildman–Crippen LogP) is 3.41. The van der Waals surface area contributed by atoms with Gasteiger partial charge in [0.2, 0.25) is 5.82 Å². The monoisotopic (exact) mass is 380 g/mol. The van der Waals surface area contributed by atoms with E-state index in [4.69, 9.17) is 9.47 Å². The highest BCUT2D eigenvalue weighted by molar-refractivity contribution is 5.55. The van der Waals surface area contributed by atoms with Crippen LogP contribution in [0, 0.1) is 5.82 Å². The summed E-state index contributed by atoms with van der Waals surface area (Å²) in [7, 11) is 0. The molecule has 4 rings (SSSR count). The zero-order valence-corrected chi connectivity index (χ0v) is 13.7. The zero-order chi connectivity index (χ0) is 19.0. The number of tetrazole rings is 1. The lowest BCUT2D eigenvalue weighted by Gasteiger charge is -2.20. The molecular weight excluding hydrogens is 368 g/mol. The highest BCUT2D eigenvalue weighted by Gasteiger charge is 2.30. The maximum atomic E-state index is 13.8. The molecule has 2 aromatic carbocycles. The SMILES string of the molecule is Fc1cc2c(c(Cn3nnc(-c4cccc(C(F)(F)F)c4)n3)c1)OCOC2. The maximum absolute atomic E-state index is 13.8. The molecule has 1 aliphatic heterocycles. The second-order valence-corrected chi connectivity index (χ2v) is 5.89. The first kappa shape index (κ1) is 17.4. The van der Waals surface area contributed by atoms with Gasteiger partial charge in [0, 0.05) is 16.7 Å². The molecule has 140 valence electrons. The predicted molar refractivity (Wildman–Crippen MR) is 84.0 cm³/mol. The lowest BCUT2D eigenvalue weighted by molar-refractivity contribution is -0.137. The molecule has 0 atom stereocenters. The summed E-state index contributed by atoms with van der Waals surface area (Å²) in [5, 5.41) is 11.7. The standard InChI is InChI=1S/C17H12F4N4O2/c18-14-5-11(15-12(6-14)8-26-9-27-15)7-25-23-16(22-24-25)10-2-1-3-13(4-10)17(19,20)21/h1-6H,7-9H2. The number of ether oxygens (including phenoxy) is 2. The third kappa shape index (κ3) is 3.61. The molecule has 0 amide bonds. The van der Waals surface area contributed by atoms with E-state index in [9.17, 15) is 17.6 Å². The molecule has 0 spiro atoms. The normalized spacial score (nSPS) is 13.9. The smallest absolute Gasteiger partial charge is 0.416 e. The van der Waals surface area contributed by atoms with Crippen molar-refractivity contribution in [2.75, 3.05) is 6.79 Å². The third-order valence-electron chi connectivity index (χ3n) is 3.96. The molecule has 27 heavy (non-hydrogen) atoms. The van der Waals surface area contributed by atoms with E-state index in [-0.39, 0.29) is 31.3 Å². The number of hydrogen-bond acceptors (Lipinski definition) is 5. The second kappa shape index (κ2) is 6.62. The minimum absolute atomic E-state index is 0.0376. The van der Waals surface area contributed by atoms with Crippen molar-refractivity contribution < 1.29 is 27.0 Å². The Bertz CT molecular complexity index is 987. The molecule has 0 radical (unpaired) electrons. The van der Waals surface area contributed by atoms with Gasteiger partial charge in [-0.1, -0.05) is 12.1 Å². The fourth-order valence-electron chi connectivity index (χ4n) is 2.79. The fourth-order valence-corrected chi connectivity index (χ4v) is 2.79. The van der Waals surface area contributed by atoms with Gasteiger partial charge in [0.05, 0.1) is 18.7 Å².